The molecule has 0 heterocycles. The molecule has 0 aromatic rings. The van der Waals surface area contributed by atoms with Gasteiger partial charge in [0, 0.05) is 51.8 Å². The van der Waals surface area contributed by atoms with Crippen molar-refractivity contribution in [1.29, 1.82) is 0 Å². The zero-order chi connectivity index (χ0) is 18.5. The Labute approximate surface area is 199 Å². The Bertz CT molecular complexity index is 490. The molecule has 155 valence electrons. The largest absolute Gasteiger partial charge is 0.384 e. The molecule has 1 nitrogen and oxygen atoms in total. The maximum absolute atomic E-state index is 5.46. The topological polar surface area (TPSA) is 9.23 Å². The molecular weight excluding hydrogens is 417 g/mol. The van der Waals surface area contributed by atoms with Crippen LogP contribution in [-0.4, -0.2) is 13.2 Å². The summed E-state index contributed by atoms with van der Waals surface area (Å²) in [7, 11) is 1.84. The van der Waals surface area contributed by atoms with E-state index in [1.807, 2.05) is 7.11 Å². The number of ether oxygens (including phenoxy) is 1. The van der Waals surface area contributed by atoms with Gasteiger partial charge in [-0.05, 0) is 81.5 Å². The summed E-state index contributed by atoms with van der Waals surface area (Å²) in [5.41, 5.74) is 0. The molecule has 0 amide bonds. The molecule has 0 aliphatic heterocycles. The SMILES string of the molecule is COC1C[CH-]C(C#CC2CCC(C3CCC(C4CCCC4)CC3)CC2)CC1.[Y]. The molecule has 2 unspecified atom stereocenters. The van der Waals surface area contributed by atoms with E-state index in [-0.39, 0.29) is 32.7 Å². The average molecular weight is 459 g/mol. The molecule has 1 radical (unpaired) electrons. The van der Waals surface area contributed by atoms with E-state index in [4.69, 9.17) is 4.74 Å². The van der Waals surface area contributed by atoms with Crippen molar-refractivity contribution in [3.05, 3.63) is 6.42 Å². The predicted molar refractivity (Wildman–Crippen MR) is 113 cm³/mol. The van der Waals surface area contributed by atoms with Crippen LogP contribution < -0.4 is 0 Å². The normalized spacial score (nSPS) is 39.6. The van der Waals surface area contributed by atoms with E-state index in [0.717, 1.165) is 30.1 Å². The van der Waals surface area contributed by atoms with Gasteiger partial charge < -0.3 is 11.2 Å². The monoisotopic (exact) mass is 458 g/mol. The van der Waals surface area contributed by atoms with Crippen molar-refractivity contribution in [2.45, 2.75) is 102 Å². The third-order valence-corrected chi connectivity index (χ3v) is 8.61. The van der Waals surface area contributed by atoms with Gasteiger partial charge in [0.15, 0.2) is 0 Å². The van der Waals surface area contributed by atoms with Crippen LogP contribution in [-0.2, 0) is 37.4 Å². The van der Waals surface area contributed by atoms with E-state index in [1.165, 1.54) is 51.4 Å². The maximum atomic E-state index is 5.46. The van der Waals surface area contributed by atoms with Crippen LogP contribution in [0, 0.1) is 53.8 Å². The molecule has 2 atom stereocenters. The first kappa shape index (κ1) is 23.3. The number of methoxy groups -OCH3 is 1. The van der Waals surface area contributed by atoms with E-state index in [2.05, 4.69) is 18.3 Å². The molecule has 4 aliphatic rings. The molecule has 0 spiro atoms. The first-order chi connectivity index (χ1) is 13.3. The summed E-state index contributed by atoms with van der Waals surface area (Å²) in [6.07, 6.45) is 24.3. The summed E-state index contributed by atoms with van der Waals surface area (Å²) in [6.45, 7) is 0. The van der Waals surface area contributed by atoms with Gasteiger partial charge in [-0.15, -0.1) is 17.8 Å². The van der Waals surface area contributed by atoms with Gasteiger partial charge >= 0.3 is 0 Å². The molecule has 0 aromatic carbocycles. The van der Waals surface area contributed by atoms with E-state index in [9.17, 15) is 0 Å². The third kappa shape index (κ3) is 6.31. The van der Waals surface area contributed by atoms with Crippen LogP contribution in [0.3, 0.4) is 0 Å². The summed E-state index contributed by atoms with van der Waals surface area (Å²) in [5, 5.41) is 0. The summed E-state index contributed by atoms with van der Waals surface area (Å²) in [4.78, 5) is 0. The fraction of sp³-hybridized carbons (Fsp3) is 0.885. The Kier molecular flexibility index (Phi) is 9.87. The Morgan fingerprint density at radius 3 is 1.68 bits per heavy atom. The summed E-state index contributed by atoms with van der Waals surface area (Å²) >= 11 is 0. The van der Waals surface area contributed by atoms with Gasteiger partial charge in [-0.3, -0.25) is 0 Å². The van der Waals surface area contributed by atoms with E-state index >= 15 is 0 Å². The van der Waals surface area contributed by atoms with Gasteiger partial charge in [-0.1, -0.05) is 32.1 Å². The fourth-order valence-electron chi connectivity index (χ4n) is 6.74. The molecular formula is C26H41OY-. The predicted octanol–water partition coefficient (Wildman–Crippen LogP) is 6.81. The van der Waals surface area contributed by atoms with Gasteiger partial charge in [0.05, 0.1) is 0 Å². The van der Waals surface area contributed by atoms with Crippen molar-refractivity contribution in [2.75, 3.05) is 7.11 Å². The number of hydrogen-bond acceptors (Lipinski definition) is 1. The van der Waals surface area contributed by atoms with Crippen molar-refractivity contribution in [2.24, 2.45) is 35.5 Å². The first-order valence-corrected chi connectivity index (χ1v) is 12.2. The molecule has 0 bridgehead atoms. The number of rotatable bonds is 3. The minimum atomic E-state index is 0. The molecule has 4 fully saturated rings. The minimum Gasteiger partial charge on any atom is -0.384 e. The van der Waals surface area contributed by atoms with Gasteiger partial charge in [-0.25, -0.2) is 0 Å². The van der Waals surface area contributed by atoms with Gasteiger partial charge in [-0.2, -0.15) is 6.42 Å². The third-order valence-electron chi connectivity index (χ3n) is 8.61. The van der Waals surface area contributed by atoms with Crippen molar-refractivity contribution in [3.8, 4) is 11.8 Å². The van der Waals surface area contributed by atoms with Crippen LogP contribution in [0.1, 0.15) is 96.3 Å². The van der Waals surface area contributed by atoms with Crippen molar-refractivity contribution in [1.82, 2.24) is 0 Å². The summed E-state index contributed by atoms with van der Waals surface area (Å²) in [6, 6.07) is 0. The second kappa shape index (κ2) is 11.9. The molecule has 0 aromatic heterocycles. The molecule has 28 heavy (non-hydrogen) atoms. The standard InChI is InChI=1S/C26H41O.Y/c1-27-26-18-10-21(11-19-26)7-6-20-8-12-23(13-9-20)25-16-14-24(15-17-25)22-4-2-3-5-22;/h10,20-26H,2-5,8-9,11-19H2,1H3;/q-1;. The molecule has 4 rings (SSSR count). The van der Waals surface area contributed by atoms with E-state index in [1.54, 1.807) is 38.5 Å². The van der Waals surface area contributed by atoms with Crippen molar-refractivity contribution >= 4 is 0 Å². The van der Waals surface area contributed by atoms with Crippen LogP contribution >= 0.6 is 0 Å². The van der Waals surface area contributed by atoms with E-state index in [0.29, 0.717) is 17.9 Å². The Balaban J connectivity index is 0.00000225. The van der Waals surface area contributed by atoms with Gasteiger partial charge in [0.25, 0.3) is 0 Å². The Morgan fingerprint density at radius 1 is 0.643 bits per heavy atom. The summed E-state index contributed by atoms with van der Waals surface area (Å²) < 4.78 is 5.46. The smallest absolute Gasteiger partial charge is 0.0357 e. The van der Waals surface area contributed by atoms with E-state index < -0.39 is 0 Å². The van der Waals surface area contributed by atoms with Crippen LogP contribution in [0.4, 0.5) is 0 Å². The summed E-state index contributed by atoms with van der Waals surface area (Å²) in [5.74, 6) is 12.8. The maximum Gasteiger partial charge on any atom is 0.0357 e. The average Bonchev–Trinajstić information content (AvgIpc) is 3.28. The number of hydrogen-bond donors (Lipinski definition) is 0. The zero-order valence-electron chi connectivity index (χ0n) is 18.2. The fourth-order valence-corrected chi connectivity index (χ4v) is 6.74. The van der Waals surface area contributed by atoms with Crippen LogP contribution in [0.2, 0.25) is 0 Å². The Morgan fingerprint density at radius 2 is 1.18 bits per heavy atom. The molecule has 2 heteroatoms. The van der Waals surface area contributed by atoms with Crippen LogP contribution in [0.25, 0.3) is 0 Å². The quantitative estimate of drug-likeness (QED) is 0.333. The second-order valence-electron chi connectivity index (χ2n) is 10.1. The van der Waals surface area contributed by atoms with Gasteiger partial charge in [0.2, 0.25) is 0 Å². The van der Waals surface area contributed by atoms with Crippen LogP contribution in [0.5, 0.6) is 0 Å². The van der Waals surface area contributed by atoms with Crippen molar-refractivity contribution in [3.63, 3.8) is 0 Å². The molecule has 4 aliphatic carbocycles. The second-order valence-corrected chi connectivity index (χ2v) is 10.1. The molecule has 4 saturated carbocycles. The van der Waals surface area contributed by atoms with Crippen molar-refractivity contribution < 1.29 is 37.4 Å². The Hall–Kier alpha value is 0.624. The minimum absolute atomic E-state index is 0. The van der Waals surface area contributed by atoms with Crippen LogP contribution in [0.15, 0.2) is 0 Å². The zero-order valence-corrected chi connectivity index (χ0v) is 21.0. The molecule has 0 saturated heterocycles. The first-order valence-electron chi connectivity index (χ1n) is 12.2. The van der Waals surface area contributed by atoms with Gasteiger partial charge in [0.1, 0.15) is 0 Å². The molecule has 0 N–H and O–H groups in total.